The predicted molar refractivity (Wildman–Crippen MR) is 101 cm³/mol. The first-order valence-electron chi connectivity index (χ1n) is 8.01. The molecule has 0 bridgehead atoms. The quantitative estimate of drug-likeness (QED) is 0.713. The molecule has 0 radical (unpaired) electrons. The van der Waals surface area contributed by atoms with Gasteiger partial charge < -0.3 is 5.73 Å². The summed E-state index contributed by atoms with van der Waals surface area (Å²) in [6, 6.07) is 16.3. The number of hydrogen-bond acceptors (Lipinski definition) is 4. The maximum Gasteiger partial charge on any atom is 0.230 e. The molecule has 0 saturated heterocycles. The molecule has 1 atom stereocenters. The van der Waals surface area contributed by atoms with E-state index in [1.54, 1.807) is 6.92 Å². The smallest absolute Gasteiger partial charge is 0.230 e. The van der Waals surface area contributed by atoms with E-state index in [9.17, 15) is 4.79 Å². The van der Waals surface area contributed by atoms with Crippen molar-refractivity contribution < 1.29 is 4.79 Å². The standard InChI is InChI=1S/C19H20N4OS/c1-12-7-9-16(10-8-12)23-18(15-6-4-5-13(2)11-15)21-22-19(23)25-14(3)17(20)24/h4-11,14H,1-3H3,(H2,20,24)/t14-/m0/s1. The molecule has 0 unspecified atom stereocenters. The van der Waals surface area contributed by atoms with Gasteiger partial charge in [-0.1, -0.05) is 53.2 Å². The average molecular weight is 352 g/mol. The lowest BCUT2D eigenvalue weighted by Crippen LogP contribution is -2.23. The van der Waals surface area contributed by atoms with Gasteiger partial charge in [-0.15, -0.1) is 10.2 Å². The van der Waals surface area contributed by atoms with Crippen molar-refractivity contribution in [3.05, 3.63) is 59.7 Å². The van der Waals surface area contributed by atoms with Crippen LogP contribution in [0.3, 0.4) is 0 Å². The van der Waals surface area contributed by atoms with Crippen molar-refractivity contribution in [2.24, 2.45) is 5.73 Å². The highest BCUT2D eigenvalue weighted by Crippen LogP contribution is 2.30. The molecule has 0 spiro atoms. The highest BCUT2D eigenvalue weighted by atomic mass is 32.2. The Hall–Kier alpha value is -2.60. The van der Waals surface area contributed by atoms with Gasteiger partial charge in [-0.25, -0.2) is 0 Å². The van der Waals surface area contributed by atoms with E-state index in [2.05, 4.69) is 16.3 Å². The molecule has 1 aromatic heterocycles. The van der Waals surface area contributed by atoms with Crippen LogP contribution in [0.4, 0.5) is 0 Å². The molecule has 0 fully saturated rings. The number of primary amides is 1. The van der Waals surface area contributed by atoms with Crippen LogP contribution in [0.5, 0.6) is 0 Å². The lowest BCUT2D eigenvalue weighted by atomic mass is 10.1. The normalized spacial score (nSPS) is 12.1. The van der Waals surface area contributed by atoms with Gasteiger partial charge in [-0.05, 0) is 39.0 Å². The minimum absolute atomic E-state index is 0.374. The number of nitrogens with two attached hydrogens (primary N) is 1. The van der Waals surface area contributed by atoms with Crippen LogP contribution in [-0.4, -0.2) is 25.9 Å². The second kappa shape index (κ2) is 7.11. The monoisotopic (exact) mass is 352 g/mol. The summed E-state index contributed by atoms with van der Waals surface area (Å²) in [5, 5.41) is 8.95. The van der Waals surface area contributed by atoms with Crippen LogP contribution in [0.1, 0.15) is 18.1 Å². The average Bonchev–Trinajstić information content (AvgIpc) is 2.99. The maximum atomic E-state index is 11.5. The minimum atomic E-state index is -0.390. The molecule has 0 aliphatic heterocycles. The van der Waals surface area contributed by atoms with Crippen LogP contribution in [0.15, 0.2) is 53.7 Å². The summed E-state index contributed by atoms with van der Waals surface area (Å²) < 4.78 is 1.97. The summed E-state index contributed by atoms with van der Waals surface area (Å²) in [6.07, 6.45) is 0. The summed E-state index contributed by atoms with van der Waals surface area (Å²) in [7, 11) is 0. The third kappa shape index (κ3) is 3.74. The number of carbonyl (C=O) groups is 1. The number of nitrogens with zero attached hydrogens (tertiary/aromatic N) is 3. The molecule has 25 heavy (non-hydrogen) atoms. The van der Waals surface area contributed by atoms with Crippen molar-refractivity contribution in [1.29, 1.82) is 0 Å². The van der Waals surface area contributed by atoms with Gasteiger partial charge in [0.25, 0.3) is 0 Å². The minimum Gasteiger partial charge on any atom is -0.369 e. The molecular formula is C19H20N4OS. The van der Waals surface area contributed by atoms with E-state index in [-0.39, 0.29) is 5.91 Å². The van der Waals surface area contributed by atoms with E-state index < -0.39 is 5.25 Å². The van der Waals surface area contributed by atoms with E-state index in [1.165, 1.54) is 17.3 Å². The number of aromatic nitrogens is 3. The van der Waals surface area contributed by atoms with Crippen molar-refractivity contribution in [3.63, 3.8) is 0 Å². The first-order chi connectivity index (χ1) is 12.0. The van der Waals surface area contributed by atoms with Crippen LogP contribution >= 0.6 is 11.8 Å². The molecule has 0 aliphatic carbocycles. The van der Waals surface area contributed by atoms with E-state index in [4.69, 9.17) is 5.73 Å². The van der Waals surface area contributed by atoms with Crippen LogP contribution < -0.4 is 5.73 Å². The molecule has 0 saturated carbocycles. The topological polar surface area (TPSA) is 73.8 Å². The first-order valence-corrected chi connectivity index (χ1v) is 8.89. The zero-order valence-corrected chi connectivity index (χ0v) is 15.2. The second-order valence-electron chi connectivity index (χ2n) is 6.01. The third-order valence-corrected chi connectivity index (χ3v) is 4.95. The highest BCUT2D eigenvalue weighted by Gasteiger charge is 2.20. The molecule has 2 N–H and O–H groups in total. The Bertz CT molecular complexity index is 902. The number of benzene rings is 2. The van der Waals surface area contributed by atoms with Gasteiger partial charge in [-0.2, -0.15) is 0 Å². The van der Waals surface area contributed by atoms with Gasteiger partial charge in [0.05, 0.1) is 5.25 Å². The van der Waals surface area contributed by atoms with E-state index in [1.807, 2.05) is 60.9 Å². The second-order valence-corrected chi connectivity index (χ2v) is 7.32. The van der Waals surface area contributed by atoms with Gasteiger partial charge in [0.15, 0.2) is 11.0 Å². The van der Waals surface area contributed by atoms with Crippen LogP contribution in [-0.2, 0) is 4.79 Å². The highest BCUT2D eigenvalue weighted by molar-refractivity contribution is 8.00. The maximum absolute atomic E-state index is 11.5. The number of aryl methyl sites for hydroxylation is 2. The molecule has 3 aromatic rings. The Morgan fingerprint density at radius 2 is 1.80 bits per heavy atom. The summed E-state index contributed by atoms with van der Waals surface area (Å²) in [5.41, 5.74) is 9.67. The van der Waals surface area contributed by atoms with Crippen molar-refractivity contribution in [2.45, 2.75) is 31.2 Å². The number of carbonyl (C=O) groups excluding carboxylic acids is 1. The summed E-state index contributed by atoms with van der Waals surface area (Å²) in [4.78, 5) is 11.5. The van der Waals surface area contributed by atoms with Crippen LogP contribution in [0.25, 0.3) is 17.1 Å². The Balaban J connectivity index is 2.14. The number of amides is 1. The number of thioether (sulfide) groups is 1. The molecule has 128 valence electrons. The third-order valence-electron chi connectivity index (χ3n) is 3.88. The lowest BCUT2D eigenvalue weighted by Gasteiger charge is -2.12. The first kappa shape index (κ1) is 17.2. The molecule has 1 amide bonds. The molecule has 5 nitrogen and oxygen atoms in total. The van der Waals surface area contributed by atoms with Crippen molar-refractivity contribution in [1.82, 2.24) is 14.8 Å². The van der Waals surface area contributed by atoms with Gasteiger partial charge in [0.1, 0.15) is 0 Å². The fourth-order valence-electron chi connectivity index (χ4n) is 2.46. The summed E-state index contributed by atoms with van der Waals surface area (Å²) in [5.74, 6) is 0.368. The van der Waals surface area contributed by atoms with Crippen LogP contribution in [0, 0.1) is 13.8 Å². The SMILES string of the molecule is Cc1ccc(-n2c(S[C@@H](C)C(N)=O)nnc2-c2cccc(C)c2)cc1. The molecule has 2 aromatic carbocycles. The Kier molecular flexibility index (Phi) is 4.90. The van der Waals surface area contributed by atoms with Crippen LogP contribution in [0.2, 0.25) is 0 Å². The summed E-state index contributed by atoms with van der Waals surface area (Å²) in [6.45, 7) is 5.86. The molecular weight excluding hydrogens is 332 g/mol. The van der Waals surface area contributed by atoms with Crippen molar-refractivity contribution in [3.8, 4) is 17.1 Å². The van der Waals surface area contributed by atoms with Gasteiger partial charge in [-0.3, -0.25) is 9.36 Å². The van der Waals surface area contributed by atoms with Gasteiger partial charge >= 0.3 is 0 Å². The lowest BCUT2D eigenvalue weighted by molar-refractivity contribution is -0.117. The van der Waals surface area contributed by atoms with E-state index in [0.717, 1.165) is 22.6 Å². The zero-order chi connectivity index (χ0) is 18.0. The fraction of sp³-hybridized carbons (Fsp3) is 0.211. The van der Waals surface area contributed by atoms with Gasteiger partial charge in [0, 0.05) is 11.3 Å². The predicted octanol–water partition coefficient (Wildman–Crippen LogP) is 3.52. The summed E-state index contributed by atoms with van der Waals surface area (Å²) >= 11 is 1.31. The van der Waals surface area contributed by atoms with Crippen molar-refractivity contribution in [2.75, 3.05) is 0 Å². The Morgan fingerprint density at radius 1 is 1.08 bits per heavy atom. The van der Waals surface area contributed by atoms with Gasteiger partial charge in [0.2, 0.25) is 5.91 Å². The Morgan fingerprint density at radius 3 is 2.44 bits per heavy atom. The zero-order valence-electron chi connectivity index (χ0n) is 14.4. The fourth-order valence-corrected chi connectivity index (χ4v) is 3.28. The molecule has 3 rings (SSSR count). The van der Waals surface area contributed by atoms with Crippen molar-refractivity contribution >= 4 is 17.7 Å². The number of rotatable bonds is 5. The van der Waals surface area contributed by atoms with E-state index in [0.29, 0.717) is 5.16 Å². The van der Waals surface area contributed by atoms with E-state index >= 15 is 0 Å². The molecule has 1 heterocycles. The largest absolute Gasteiger partial charge is 0.369 e. The molecule has 6 heteroatoms. The number of hydrogen-bond donors (Lipinski definition) is 1. The Labute approximate surface area is 151 Å². The molecule has 0 aliphatic rings.